The number of rotatable bonds is 1. The molecule has 0 aliphatic carbocycles. The Morgan fingerprint density at radius 3 is 1.17 bits per heavy atom. The van der Waals surface area contributed by atoms with E-state index >= 15 is 0 Å². The van der Waals surface area contributed by atoms with Gasteiger partial charge >= 0.3 is 0 Å². The van der Waals surface area contributed by atoms with Gasteiger partial charge in [-0.1, -0.05) is 0 Å². The summed E-state index contributed by atoms with van der Waals surface area (Å²) in [6, 6.07) is 0. The van der Waals surface area contributed by atoms with E-state index in [4.69, 9.17) is 10.8 Å². The molecule has 0 rings (SSSR count). The largest absolute Gasteiger partial charge is 0.395 e. The van der Waals surface area contributed by atoms with E-state index in [2.05, 4.69) is 0 Å². The van der Waals surface area contributed by atoms with Crippen LogP contribution in [0.2, 0.25) is 0 Å². The number of aliphatic hydroxyl groups excluding tert-OH is 1. The number of carbonyl (C=O) groups excluding carboxylic acids is 2. The van der Waals surface area contributed by atoms with E-state index in [1.54, 1.807) is 0 Å². The summed E-state index contributed by atoms with van der Waals surface area (Å²) in [4.78, 5) is 18.9. The summed E-state index contributed by atoms with van der Waals surface area (Å²) in [7, 11) is 0. The Balaban J connectivity index is -0.000000101. The van der Waals surface area contributed by atoms with Crippen molar-refractivity contribution in [1.29, 1.82) is 0 Å². The van der Waals surface area contributed by atoms with Gasteiger partial charge in [0.05, 0.1) is 6.61 Å². The first-order chi connectivity index (χ1) is 5.38. The smallest absolute Gasteiger partial charge is 0.126 e. The Bertz CT molecular complexity index is 90.9. The zero-order valence-corrected chi connectivity index (χ0v) is 8.26. The Hall–Kier alpha value is -0.740. The molecular weight excluding hydrogens is 158 g/mol. The maximum Gasteiger partial charge on any atom is 0.126 e. The molecule has 0 fully saturated rings. The maximum absolute atomic E-state index is 9.44. The van der Waals surface area contributed by atoms with Gasteiger partial charge in [0.1, 0.15) is 11.6 Å². The Morgan fingerprint density at radius 2 is 1.17 bits per heavy atom. The Morgan fingerprint density at radius 1 is 1.08 bits per heavy atom. The second-order valence-corrected chi connectivity index (χ2v) is 2.33. The topological polar surface area (TPSA) is 80.4 Å². The van der Waals surface area contributed by atoms with Crippen LogP contribution in [0, 0.1) is 0 Å². The number of hydrogen-bond acceptors (Lipinski definition) is 4. The second-order valence-electron chi connectivity index (χ2n) is 2.33. The van der Waals surface area contributed by atoms with E-state index < -0.39 is 0 Å². The van der Waals surface area contributed by atoms with Crippen LogP contribution in [0.5, 0.6) is 0 Å². The first-order valence-electron chi connectivity index (χ1n) is 3.63. The predicted octanol–water partition coefficient (Wildman–Crippen LogP) is 0.128. The fourth-order valence-corrected chi connectivity index (χ4v) is 0. The number of hydrogen-bond donors (Lipinski definition) is 2. The normalized spacial score (nSPS) is 6.83. The minimum Gasteiger partial charge on any atom is -0.395 e. The monoisotopic (exact) mass is 177 g/mol. The first-order valence-corrected chi connectivity index (χ1v) is 3.63. The molecule has 0 aliphatic rings. The van der Waals surface area contributed by atoms with Crippen molar-refractivity contribution in [2.75, 3.05) is 13.2 Å². The molecule has 0 amide bonds. The van der Waals surface area contributed by atoms with E-state index in [0.29, 0.717) is 6.54 Å². The molecular formula is C8H19NO3. The lowest BCUT2D eigenvalue weighted by molar-refractivity contribution is -0.115. The van der Waals surface area contributed by atoms with Crippen LogP contribution >= 0.6 is 0 Å². The van der Waals surface area contributed by atoms with E-state index in [9.17, 15) is 9.59 Å². The minimum atomic E-state index is 0.0972. The molecule has 3 N–H and O–H groups in total. The molecule has 4 heteroatoms. The van der Waals surface area contributed by atoms with E-state index in [1.165, 1.54) is 27.7 Å². The maximum atomic E-state index is 9.44. The average Bonchev–Trinajstić information content (AvgIpc) is 1.85. The van der Waals surface area contributed by atoms with Gasteiger partial charge in [-0.2, -0.15) is 0 Å². The highest BCUT2D eigenvalue weighted by Gasteiger charge is 1.62. The van der Waals surface area contributed by atoms with Crippen LogP contribution in [0.1, 0.15) is 27.7 Å². The van der Waals surface area contributed by atoms with E-state index in [-0.39, 0.29) is 18.2 Å². The predicted molar refractivity (Wildman–Crippen MR) is 48.9 cm³/mol. The molecule has 12 heavy (non-hydrogen) atoms. The molecule has 4 nitrogen and oxygen atoms in total. The van der Waals surface area contributed by atoms with Crippen LogP contribution in [-0.4, -0.2) is 29.8 Å². The van der Waals surface area contributed by atoms with Crippen molar-refractivity contribution in [3.05, 3.63) is 0 Å². The zero-order chi connectivity index (χ0) is 10.6. The van der Waals surface area contributed by atoms with E-state index in [1.807, 2.05) is 0 Å². The van der Waals surface area contributed by atoms with Crippen molar-refractivity contribution < 1.29 is 14.7 Å². The fourth-order valence-electron chi connectivity index (χ4n) is 0. The van der Waals surface area contributed by atoms with Crippen molar-refractivity contribution in [2.45, 2.75) is 27.7 Å². The van der Waals surface area contributed by atoms with Crippen molar-refractivity contribution in [3.8, 4) is 0 Å². The number of aliphatic hydroxyl groups is 1. The van der Waals surface area contributed by atoms with Crippen LogP contribution in [0.15, 0.2) is 0 Å². The molecule has 0 atom stereocenters. The summed E-state index contributed by atoms with van der Waals surface area (Å²) in [5.41, 5.74) is 4.78. The van der Waals surface area contributed by atoms with Gasteiger partial charge in [-0.15, -0.1) is 0 Å². The SMILES string of the molecule is CC(C)=O.CC(C)=O.NCCO. The Labute approximate surface area is 73.8 Å². The number of Topliss-reactive ketones (excluding diaryl/α,β-unsaturated/α-hetero) is 2. The number of nitrogens with two attached hydrogens (primary N) is 1. The van der Waals surface area contributed by atoms with Gasteiger partial charge in [0.2, 0.25) is 0 Å². The lowest BCUT2D eigenvalue weighted by Gasteiger charge is -1.71. The van der Waals surface area contributed by atoms with Crippen LogP contribution in [0.4, 0.5) is 0 Å². The summed E-state index contributed by atoms with van der Waals surface area (Å²) in [6.45, 7) is 6.58. The van der Waals surface area contributed by atoms with Gasteiger partial charge in [-0.25, -0.2) is 0 Å². The van der Waals surface area contributed by atoms with Gasteiger partial charge in [0, 0.05) is 6.54 Å². The summed E-state index contributed by atoms with van der Waals surface area (Å²) in [5, 5.41) is 7.75. The lowest BCUT2D eigenvalue weighted by atomic mass is 10.6. The van der Waals surface area contributed by atoms with Crippen LogP contribution in [0.3, 0.4) is 0 Å². The van der Waals surface area contributed by atoms with Crippen LogP contribution in [0.25, 0.3) is 0 Å². The van der Waals surface area contributed by atoms with Crippen LogP contribution in [-0.2, 0) is 9.59 Å². The minimum absolute atomic E-state index is 0.0972. The van der Waals surface area contributed by atoms with Gasteiger partial charge in [0.15, 0.2) is 0 Å². The van der Waals surface area contributed by atoms with Crippen molar-refractivity contribution in [1.82, 2.24) is 0 Å². The van der Waals surface area contributed by atoms with Crippen molar-refractivity contribution in [3.63, 3.8) is 0 Å². The van der Waals surface area contributed by atoms with Crippen molar-refractivity contribution in [2.24, 2.45) is 5.73 Å². The van der Waals surface area contributed by atoms with Gasteiger partial charge in [-0.05, 0) is 27.7 Å². The Kier molecular flexibility index (Phi) is 24.2. The third-order valence-corrected chi connectivity index (χ3v) is 0.129. The van der Waals surface area contributed by atoms with Gasteiger partial charge < -0.3 is 20.4 Å². The molecule has 0 spiro atoms. The first kappa shape index (κ1) is 17.4. The quantitative estimate of drug-likeness (QED) is 0.596. The molecule has 0 bridgehead atoms. The van der Waals surface area contributed by atoms with Crippen LogP contribution < -0.4 is 5.73 Å². The lowest BCUT2D eigenvalue weighted by Crippen LogP contribution is -2.02. The summed E-state index contributed by atoms with van der Waals surface area (Å²) < 4.78 is 0. The molecule has 0 heterocycles. The third-order valence-electron chi connectivity index (χ3n) is 0.129. The molecule has 0 saturated carbocycles. The average molecular weight is 177 g/mol. The highest BCUT2D eigenvalue weighted by Crippen LogP contribution is 1.50. The number of carbonyl (C=O) groups is 2. The summed E-state index contributed by atoms with van der Waals surface area (Å²) >= 11 is 0. The zero-order valence-electron chi connectivity index (χ0n) is 8.26. The molecule has 0 aliphatic heterocycles. The second kappa shape index (κ2) is 16.7. The van der Waals surface area contributed by atoms with Gasteiger partial charge in [-0.3, -0.25) is 0 Å². The third kappa shape index (κ3) is 9350. The summed E-state index contributed by atoms with van der Waals surface area (Å²) in [5.74, 6) is 0.333. The van der Waals surface area contributed by atoms with Gasteiger partial charge in [0.25, 0.3) is 0 Å². The molecule has 0 unspecified atom stereocenters. The molecule has 0 aromatic carbocycles. The summed E-state index contributed by atoms with van der Waals surface area (Å²) in [6.07, 6.45) is 0. The number of ketones is 2. The fraction of sp³-hybridized carbons (Fsp3) is 0.750. The molecule has 0 aromatic rings. The van der Waals surface area contributed by atoms with E-state index in [0.717, 1.165) is 0 Å². The van der Waals surface area contributed by atoms with Crippen molar-refractivity contribution >= 4 is 11.6 Å². The highest BCUT2D eigenvalue weighted by atomic mass is 16.3. The highest BCUT2D eigenvalue weighted by molar-refractivity contribution is 5.72. The molecule has 0 aromatic heterocycles. The molecule has 0 saturated heterocycles. The molecule has 0 radical (unpaired) electrons. The standard InChI is InChI=1S/2C3H6O.C2H7NO/c2*1-3(2)4;3-1-2-4/h2*1-2H3;4H,1-3H2. The molecule has 74 valence electrons.